The zero-order valence-corrected chi connectivity index (χ0v) is 11.4. The van der Waals surface area contributed by atoms with E-state index in [1.54, 1.807) is 0 Å². The average molecular weight is 249 g/mol. The van der Waals surface area contributed by atoms with Crippen LogP contribution in [0.3, 0.4) is 0 Å². The molecule has 1 aromatic rings. The van der Waals surface area contributed by atoms with E-state index < -0.39 is 0 Å². The van der Waals surface area contributed by atoms with Crippen molar-refractivity contribution < 1.29 is 0 Å². The van der Waals surface area contributed by atoms with E-state index in [1.807, 2.05) is 0 Å². The van der Waals surface area contributed by atoms with Crippen LogP contribution in [-0.2, 0) is 5.41 Å². The largest absolute Gasteiger partial charge is 0.337 e. The fraction of sp³-hybridized carbons (Fsp3) is 0.846. The molecule has 5 nitrogen and oxygen atoms in total. The van der Waals surface area contributed by atoms with Gasteiger partial charge in [0.1, 0.15) is 5.82 Å². The summed E-state index contributed by atoms with van der Waals surface area (Å²) in [5, 5.41) is 11.0. The van der Waals surface area contributed by atoms with E-state index in [4.69, 9.17) is 4.98 Å². The minimum Gasteiger partial charge on any atom is -0.337 e. The van der Waals surface area contributed by atoms with Gasteiger partial charge in [-0.15, -0.1) is 5.10 Å². The summed E-state index contributed by atoms with van der Waals surface area (Å²) in [4.78, 5) is 7.03. The third-order valence-electron chi connectivity index (χ3n) is 4.40. The van der Waals surface area contributed by atoms with E-state index >= 15 is 0 Å². The first-order valence-electron chi connectivity index (χ1n) is 7.09. The standard InChI is InChI=1S/C13H23N5/c1-10-9-18(8-7-14-10)12-15-11(16-17-12)13(2)5-3-4-6-13/h10,14H,3-9H2,1-2H3,(H,15,16,17). The molecule has 2 fully saturated rings. The van der Waals surface area contributed by atoms with Gasteiger partial charge in [-0.3, -0.25) is 5.10 Å². The van der Waals surface area contributed by atoms with Gasteiger partial charge in [0.25, 0.3) is 0 Å². The summed E-state index contributed by atoms with van der Waals surface area (Å²) in [7, 11) is 0. The SMILES string of the molecule is CC1CN(c2n[nH]c(C3(C)CCCC3)n2)CCN1. The Kier molecular flexibility index (Phi) is 3.01. The Hall–Kier alpha value is -1.10. The third kappa shape index (κ3) is 2.11. The van der Waals surface area contributed by atoms with Crippen LogP contribution in [0.4, 0.5) is 5.95 Å². The maximum absolute atomic E-state index is 4.75. The van der Waals surface area contributed by atoms with Gasteiger partial charge in [0.15, 0.2) is 0 Å². The molecule has 1 saturated heterocycles. The van der Waals surface area contributed by atoms with Crippen molar-refractivity contribution in [3.05, 3.63) is 5.82 Å². The van der Waals surface area contributed by atoms with Gasteiger partial charge in [0, 0.05) is 31.1 Å². The van der Waals surface area contributed by atoms with E-state index in [-0.39, 0.29) is 5.41 Å². The van der Waals surface area contributed by atoms with Gasteiger partial charge in [-0.05, 0) is 19.8 Å². The Morgan fingerprint density at radius 2 is 2.11 bits per heavy atom. The van der Waals surface area contributed by atoms with Crippen LogP contribution >= 0.6 is 0 Å². The van der Waals surface area contributed by atoms with Gasteiger partial charge in [0.2, 0.25) is 5.95 Å². The summed E-state index contributed by atoms with van der Waals surface area (Å²) < 4.78 is 0. The summed E-state index contributed by atoms with van der Waals surface area (Å²) >= 11 is 0. The second-order valence-electron chi connectivity index (χ2n) is 6.05. The molecule has 0 amide bonds. The number of aromatic nitrogens is 3. The van der Waals surface area contributed by atoms with Crippen LogP contribution in [0.15, 0.2) is 0 Å². The normalized spacial score (nSPS) is 27.7. The lowest BCUT2D eigenvalue weighted by Crippen LogP contribution is -2.49. The van der Waals surface area contributed by atoms with Crippen molar-refractivity contribution in [2.75, 3.05) is 24.5 Å². The first-order chi connectivity index (χ1) is 8.67. The van der Waals surface area contributed by atoms with E-state index in [2.05, 4.69) is 34.3 Å². The molecule has 0 radical (unpaired) electrons. The van der Waals surface area contributed by atoms with Crippen LogP contribution in [-0.4, -0.2) is 40.9 Å². The minimum atomic E-state index is 0.227. The Bertz CT molecular complexity index is 407. The monoisotopic (exact) mass is 249 g/mol. The summed E-state index contributed by atoms with van der Waals surface area (Å²) in [6.45, 7) is 7.53. The number of nitrogens with one attached hydrogen (secondary N) is 2. The number of nitrogens with zero attached hydrogens (tertiary/aromatic N) is 3. The Morgan fingerprint density at radius 3 is 2.83 bits per heavy atom. The molecule has 5 heteroatoms. The van der Waals surface area contributed by atoms with Crippen molar-refractivity contribution in [1.82, 2.24) is 20.5 Å². The fourth-order valence-electron chi connectivity index (χ4n) is 3.17. The minimum absolute atomic E-state index is 0.227. The van der Waals surface area contributed by atoms with Gasteiger partial charge in [-0.25, -0.2) is 0 Å². The Labute approximate surface area is 108 Å². The molecule has 2 N–H and O–H groups in total. The first-order valence-corrected chi connectivity index (χ1v) is 7.09. The zero-order chi connectivity index (χ0) is 12.6. The van der Waals surface area contributed by atoms with E-state index in [0.717, 1.165) is 31.4 Å². The Morgan fingerprint density at radius 1 is 1.33 bits per heavy atom. The highest BCUT2D eigenvalue weighted by Gasteiger charge is 2.34. The van der Waals surface area contributed by atoms with Crippen molar-refractivity contribution in [2.24, 2.45) is 0 Å². The number of rotatable bonds is 2. The van der Waals surface area contributed by atoms with Crippen LogP contribution in [0.1, 0.15) is 45.4 Å². The van der Waals surface area contributed by atoms with Gasteiger partial charge >= 0.3 is 0 Å². The van der Waals surface area contributed by atoms with Crippen LogP contribution in [0.5, 0.6) is 0 Å². The molecule has 2 heterocycles. The van der Waals surface area contributed by atoms with Crippen molar-refractivity contribution in [2.45, 2.75) is 51.0 Å². The molecule has 3 rings (SSSR count). The first kappa shape index (κ1) is 12.0. The van der Waals surface area contributed by atoms with Gasteiger partial charge < -0.3 is 10.2 Å². The van der Waals surface area contributed by atoms with Gasteiger partial charge in [-0.2, -0.15) is 4.98 Å². The van der Waals surface area contributed by atoms with Gasteiger partial charge in [-0.1, -0.05) is 19.8 Å². The van der Waals surface area contributed by atoms with E-state index in [1.165, 1.54) is 25.7 Å². The van der Waals surface area contributed by atoms with Crippen LogP contribution < -0.4 is 10.2 Å². The summed E-state index contributed by atoms with van der Waals surface area (Å²) in [6, 6.07) is 0.516. The number of H-pyrrole nitrogens is 1. The predicted octanol–water partition coefficient (Wildman–Crippen LogP) is 1.43. The molecule has 1 aliphatic heterocycles. The maximum Gasteiger partial charge on any atom is 0.244 e. The molecule has 0 spiro atoms. The number of piperazine rings is 1. The number of aromatic amines is 1. The molecule has 1 aromatic heterocycles. The average Bonchev–Trinajstić information content (AvgIpc) is 2.98. The summed E-state index contributed by atoms with van der Waals surface area (Å²) in [5.74, 6) is 1.97. The van der Waals surface area contributed by atoms with Crippen molar-refractivity contribution in [3.63, 3.8) is 0 Å². The van der Waals surface area contributed by atoms with Crippen molar-refractivity contribution >= 4 is 5.95 Å². The van der Waals surface area contributed by atoms with Crippen molar-refractivity contribution in [3.8, 4) is 0 Å². The molecule has 2 aliphatic rings. The molecular weight excluding hydrogens is 226 g/mol. The predicted molar refractivity (Wildman–Crippen MR) is 71.9 cm³/mol. The summed E-state index contributed by atoms with van der Waals surface area (Å²) in [6.07, 6.45) is 5.10. The molecule has 1 saturated carbocycles. The molecule has 18 heavy (non-hydrogen) atoms. The maximum atomic E-state index is 4.75. The smallest absolute Gasteiger partial charge is 0.244 e. The van der Waals surface area contributed by atoms with Crippen molar-refractivity contribution in [1.29, 1.82) is 0 Å². The topological polar surface area (TPSA) is 56.8 Å². The molecule has 1 aliphatic carbocycles. The third-order valence-corrected chi connectivity index (χ3v) is 4.40. The van der Waals surface area contributed by atoms with E-state index in [0.29, 0.717) is 6.04 Å². The highest BCUT2D eigenvalue weighted by atomic mass is 15.4. The molecule has 1 unspecified atom stereocenters. The fourth-order valence-corrected chi connectivity index (χ4v) is 3.17. The van der Waals surface area contributed by atoms with E-state index in [9.17, 15) is 0 Å². The molecule has 1 atom stereocenters. The van der Waals surface area contributed by atoms with Crippen LogP contribution in [0, 0.1) is 0 Å². The quantitative estimate of drug-likeness (QED) is 0.832. The molecule has 0 bridgehead atoms. The lowest BCUT2D eigenvalue weighted by atomic mass is 9.88. The molecule has 100 valence electrons. The lowest BCUT2D eigenvalue weighted by Gasteiger charge is -2.30. The Balaban J connectivity index is 1.76. The van der Waals surface area contributed by atoms with Crippen LogP contribution in [0.25, 0.3) is 0 Å². The number of anilines is 1. The lowest BCUT2D eigenvalue weighted by molar-refractivity contribution is 0.459. The molecule has 0 aromatic carbocycles. The highest BCUT2D eigenvalue weighted by molar-refractivity contribution is 5.31. The van der Waals surface area contributed by atoms with Crippen LogP contribution in [0.2, 0.25) is 0 Å². The van der Waals surface area contributed by atoms with Gasteiger partial charge in [0.05, 0.1) is 0 Å². The zero-order valence-electron chi connectivity index (χ0n) is 11.4. The number of hydrogen-bond acceptors (Lipinski definition) is 4. The number of hydrogen-bond donors (Lipinski definition) is 2. The summed E-state index contributed by atoms with van der Waals surface area (Å²) in [5.41, 5.74) is 0.227. The highest BCUT2D eigenvalue weighted by Crippen LogP contribution is 2.39. The molecular formula is C13H23N5. The second-order valence-corrected chi connectivity index (χ2v) is 6.05. The second kappa shape index (κ2) is 4.53.